The molecule has 6 heteroatoms. The van der Waals surface area contributed by atoms with Gasteiger partial charge in [-0.2, -0.15) is 0 Å². The Balaban J connectivity index is 1.93. The third-order valence-corrected chi connectivity index (χ3v) is 3.68. The lowest BCUT2D eigenvalue weighted by atomic mass is 10.2. The number of nitrogens with zero attached hydrogens (tertiary/aromatic N) is 1. The van der Waals surface area contributed by atoms with Crippen molar-refractivity contribution < 1.29 is 18.7 Å². The van der Waals surface area contributed by atoms with E-state index in [0.717, 1.165) is 10.2 Å². The predicted molar refractivity (Wildman–Crippen MR) is 84.7 cm³/mol. The molecule has 0 atom stereocenters. The highest BCUT2D eigenvalue weighted by atomic mass is 79.9. The fourth-order valence-electron chi connectivity index (χ4n) is 2.00. The number of methoxy groups -OCH3 is 1. The number of hydrogen-bond donors (Lipinski definition) is 0. The number of carbonyl (C=O) groups is 1. The number of halogens is 1. The Morgan fingerprint density at radius 3 is 2.73 bits per heavy atom. The summed E-state index contributed by atoms with van der Waals surface area (Å²) in [4.78, 5) is 16.1. The number of furan rings is 1. The van der Waals surface area contributed by atoms with E-state index in [-0.39, 0.29) is 11.6 Å². The molecule has 0 N–H and O–H groups in total. The fraction of sp³-hybridized carbons (Fsp3) is 0.125. The summed E-state index contributed by atoms with van der Waals surface area (Å²) in [6.45, 7) is 1.83. The molecule has 2 heterocycles. The van der Waals surface area contributed by atoms with E-state index in [4.69, 9.17) is 13.9 Å². The van der Waals surface area contributed by atoms with Gasteiger partial charge in [0, 0.05) is 11.6 Å². The second-order valence-electron chi connectivity index (χ2n) is 4.63. The maximum atomic E-state index is 11.9. The van der Waals surface area contributed by atoms with Crippen LogP contribution < -0.4 is 4.74 Å². The lowest BCUT2D eigenvalue weighted by molar-refractivity contribution is -0.129. The summed E-state index contributed by atoms with van der Waals surface area (Å²) < 4.78 is 16.5. The van der Waals surface area contributed by atoms with Gasteiger partial charge in [0.05, 0.1) is 11.6 Å². The average Bonchev–Trinajstić information content (AvgIpc) is 3.06. The molecule has 0 saturated carbocycles. The summed E-state index contributed by atoms with van der Waals surface area (Å²) in [5, 5.41) is 0. The topological polar surface area (TPSA) is 61.0 Å². The van der Waals surface area contributed by atoms with E-state index in [0.29, 0.717) is 17.1 Å². The van der Waals surface area contributed by atoms with E-state index < -0.39 is 5.97 Å². The van der Waals surface area contributed by atoms with Gasteiger partial charge in [0.25, 0.3) is 0 Å². The molecule has 5 nitrogen and oxygen atoms in total. The first-order chi connectivity index (χ1) is 10.6. The molecule has 112 valence electrons. The summed E-state index contributed by atoms with van der Waals surface area (Å²) in [7, 11) is 1.58. The van der Waals surface area contributed by atoms with Crippen LogP contribution in [0.15, 0.2) is 49.9 Å². The molecule has 0 aliphatic carbocycles. The Morgan fingerprint density at radius 2 is 2.09 bits per heavy atom. The number of rotatable bonds is 3. The van der Waals surface area contributed by atoms with Crippen LogP contribution in [0.5, 0.6) is 5.75 Å². The van der Waals surface area contributed by atoms with E-state index >= 15 is 0 Å². The number of esters is 1. The molecule has 0 unspecified atom stereocenters. The largest absolute Gasteiger partial charge is 0.496 e. The van der Waals surface area contributed by atoms with Gasteiger partial charge in [-0.25, -0.2) is 9.79 Å². The van der Waals surface area contributed by atoms with Crippen molar-refractivity contribution in [1.29, 1.82) is 0 Å². The van der Waals surface area contributed by atoms with Crippen molar-refractivity contribution in [3.05, 3.63) is 57.6 Å². The van der Waals surface area contributed by atoms with Crippen LogP contribution in [-0.4, -0.2) is 19.0 Å². The third kappa shape index (κ3) is 2.82. The second kappa shape index (κ2) is 5.81. The van der Waals surface area contributed by atoms with Crippen molar-refractivity contribution in [2.24, 2.45) is 4.99 Å². The van der Waals surface area contributed by atoms with Crippen LogP contribution in [0.1, 0.15) is 17.1 Å². The second-order valence-corrected chi connectivity index (χ2v) is 5.49. The summed E-state index contributed by atoms with van der Waals surface area (Å²) in [5.41, 5.74) is 0.886. The minimum absolute atomic E-state index is 0.205. The zero-order valence-electron chi connectivity index (χ0n) is 11.9. The fourth-order valence-corrected chi connectivity index (χ4v) is 2.54. The summed E-state index contributed by atoms with van der Waals surface area (Å²) in [6.07, 6.45) is 1.56. The van der Waals surface area contributed by atoms with Crippen molar-refractivity contribution in [3.8, 4) is 5.75 Å². The molecule has 2 aromatic rings. The van der Waals surface area contributed by atoms with E-state index in [1.54, 1.807) is 37.5 Å². The molecule has 0 bridgehead atoms. The molecule has 0 radical (unpaired) electrons. The Kier molecular flexibility index (Phi) is 3.85. The number of hydrogen-bond acceptors (Lipinski definition) is 5. The van der Waals surface area contributed by atoms with Gasteiger partial charge in [0.1, 0.15) is 17.3 Å². The highest BCUT2D eigenvalue weighted by Gasteiger charge is 2.25. The van der Waals surface area contributed by atoms with Gasteiger partial charge in [-0.1, -0.05) is 0 Å². The van der Waals surface area contributed by atoms with Crippen LogP contribution in [0.2, 0.25) is 0 Å². The van der Waals surface area contributed by atoms with Crippen LogP contribution in [0, 0.1) is 6.92 Å². The van der Waals surface area contributed by atoms with Crippen LogP contribution >= 0.6 is 15.9 Å². The van der Waals surface area contributed by atoms with Gasteiger partial charge in [-0.3, -0.25) is 0 Å². The predicted octanol–water partition coefficient (Wildman–Crippen LogP) is 3.70. The molecule has 0 amide bonds. The van der Waals surface area contributed by atoms with Crippen LogP contribution in [-0.2, 0) is 9.53 Å². The molecular weight excluding hydrogens is 350 g/mol. The molecule has 1 aromatic carbocycles. The quantitative estimate of drug-likeness (QED) is 0.617. The SMILES string of the molecule is COc1ccc(C2=NC(=Cc3ccc(C)o3)C(=O)O2)cc1Br. The first kappa shape index (κ1) is 14.6. The van der Waals surface area contributed by atoms with E-state index in [2.05, 4.69) is 20.9 Å². The van der Waals surface area contributed by atoms with Gasteiger partial charge >= 0.3 is 5.97 Å². The molecule has 22 heavy (non-hydrogen) atoms. The molecule has 1 aliphatic heterocycles. The van der Waals surface area contributed by atoms with Gasteiger partial charge < -0.3 is 13.9 Å². The Bertz CT molecular complexity index is 804. The van der Waals surface area contributed by atoms with Crippen LogP contribution in [0.25, 0.3) is 6.08 Å². The van der Waals surface area contributed by atoms with E-state index in [1.807, 2.05) is 13.0 Å². The van der Waals surface area contributed by atoms with Crippen molar-refractivity contribution in [3.63, 3.8) is 0 Å². The number of cyclic esters (lactones) is 1. The highest BCUT2D eigenvalue weighted by Crippen LogP contribution is 2.28. The minimum atomic E-state index is -0.504. The lowest BCUT2D eigenvalue weighted by Gasteiger charge is -2.05. The average molecular weight is 362 g/mol. The van der Waals surface area contributed by atoms with Crippen molar-refractivity contribution in [2.75, 3.05) is 7.11 Å². The standard InChI is InChI=1S/C16H12BrNO4/c1-9-3-5-11(21-9)8-13-16(19)22-15(18-13)10-4-6-14(20-2)12(17)7-10/h3-8H,1-2H3. The van der Waals surface area contributed by atoms with Crippen molar-refractivity contribution in [1.82, 2.24) is 0 Å². The molecular formula is C16H12BrNO4. The highest BCUT2D eigenvalue weighted by molar-refractivity contribution is 9.10. The first-order valence-corrected chi connectivity index (χ1v) is 7.29. The van der Waals surface area contributed by atoms with Crippen molar-refractivity contribution in [2.45, 2.75) is 6.92 Å². The molecule has 1 aromatic heterocycles. The number of aliphatic imine (C=N–C) groups is 1. The van der Waals surface area contributed by atoms with E-state index in [9.17, 15) is 4.79 Å². The van der Waals surface area contributed by atoms with Crippen molar-refractivity contribution >= 4 is 33.9 Å². The molecule has 3 rings (SSSR count). The van der Waals surface area contributed by atoms with Crippen LogP contribution in [0.3, 0.4) is 0 Å². The molecule has 0 saturated heterocycles. The Morgan fingerprint density at radius 1 is 1.27 bits per heavy atom. The smallest absolute Gasteiger partial charge is 0.363 e. The zero-order chi connectivity index (χ0) is 15.7. The normalized spacial score (nSPS) is 15.9. The number of carbonyl (C=O) groups excluding carboxylic acids is 1. The molecule has 0 fully saturated rings. The van der Waals surface area contributed by atoms with Gasteiger partial charge in [0.15, 0.2) is 5.70 Å². The number of ether oxygens (including phenoxy) is 2. The third-order valence-electron chi connectivity index (χ3n) is 3.06. The summed E-state index contributed by atoms with van der Waals surface area (Å²) >= 11 is 3.39. The maximum Gasteiger partial charge on any atom is 0.363 e. The lowest BCUT2D eigenvalue weighted by Crippen LogP contribution is -2.05. The van der Waals surface area contributed by atoms with Gasteiger partial charge in [-0.05, 0) is 53.2 Å². The maximum absolute atomic E-state index is 11.9. The number of benzene rings is 1. The monoisotopic (exact) mass is 361 g/mol. The molecule has 1 aliphatic rings. The summed E-state index contributed by atoms with van der Waals surface area (Å²) in [5.74, 6) is 1.77. The van der Waals surface area contributed by atoms with E-state index in [1.165, 1.54) is 0 Å². The van der Waals surface area contributed by atoms with Gasteiger partial charge in [0.2, 0.25) is 5.90 Å². The Hall–Kier alpha value is -2.34. The number of aryl methyl sites for hydroxylation is 1. The Labute approximate surface area is 135 Å². The van der Waals surface area contributed by atoms with Crippen LogP contribution in [0.4, 0.5) is 0 Å². The zero-order valence-corrected chi connectivity index (χ0v) is 13.5. The summed E-state index contributed by atoms with van der Waals surface area (Å²) in [6, 6.07) is 8.92. The first-order valence-electron chi connectivity index (χ1n) is 6.50. The minimum Gasteiger partial charge on any atom is -0.496 e. The molecule has 0 spiro atoms. The van der Waals surface area contributed by atoms with Gasteiger partial charge in [-0.15, -0.1) is 0 Å².